The van der Waals surface area contributed by atoms with Crippen molar-refractivity contribution < 1.29 is 9.84 Å². The van der Waals surface area contributed by atoms with Crippen LogP contribution in [0.1, 0.15) is 19.3 Å². The van der Waals surface area contributed by atoms with E-state index in [4.69, 9.17) is 22.1 Å². The van der Waals surface area contributed by atoms with Crippen LogP contribution in [0.15, 0.2) is 0 Å². The maximum atomic E-state index is 10.0. The Balaban J connectivity index is 1.69. The third-order valence-corrected chi connectivity index (χ3v) is 5.07. The van der Waals surface area contributed by atoms with Crippen molar-refractivity contribution in [2.75, 3.05) is 50.5 Å². The molecule has 3 rings (SSSR count). The van der Waals surface area contributed by atoms with Crippen LogP contribution < -0.4 is 10.6 Å². The predicted molar refractivity (Wildman–Crippen MR) is 87.5 cm³/mol. The molecule has 2 aliphatic rings. The van der Waals surface area contributed by atoms with Crippen molar-refractivity contribution in [1.82, 2.24) is 20.1 Å². The molecule has 2 fully saturated rings. The third-order valence-electron chi connectivity index (χ3n) is 4.81. The summed E-state index contributed by atoms with van der Waals surface area (Å²) in [5.74, 6) is 0.729. The van der Waals surface area contributed by atoms with Crippen molar-refractivity contribution in [2.24, 2.45) is 0 Å². The van der Waals surface area contributed by atoms with Crippen molar-refractivity contribution in [3.8, 4) is 0 Å². The second-order valence-electron chi connectivity index (χ2n) is 6.34. The first-order chi connectivity index (χ1) is 11.0. The van der Waals surface area contributed by atoms with Gasteiger partial charge in [0.1, 0.15) is 0 Å². The van der Waals surface area contributed by atoms with E-state index in [-0.39, 0.29) is 16.5 Å². The van der Waals surface area contributed by atoms with E-state index in [1.165, 1.54) is 0 Å². The van der Waals surface area contributed by atoms with E-state index in [9.17, 15) is 5.11 Å². The zero-order valence-electron chi connectivity index (χ0n) is 13.3. The van der Waals surface area contributed by atoms with Crippen LogP contribution in [0.3, 0.4) is 0 Å². The Hall–Kier alpha value is -1.22. The number of likely N-dealkylation sites (tertiary alicyclic amines) is 1. The minimum atomic E-state index is -0.461. The highest BCUT2D eigenvalue weighted by Crippen LogP contribution is 2.39. The molecule has 3 heterocycles. The van der Waals surface area contributed by atoms with Gasteiger partial charge >= 0.3 is 0 Å². The van der Waals surface area contributed by atoms with E-state index >= 15 is 0 Å². The molecule has 128 valence electrons. The zero-order valence-corrected chi connectivity index (χ0v) is 14.0. The fourth-order valence-corrected chi connectivity index (χ4v) is 3.65. The fourth-order valence-electron chi connectivity index (χ4n) is 3.57. The van der Waals surface area contributed by atoms with Crippen LogP contribution in [0.5, 0.6) is 0 Å². The number of nitrogens with two attached hydrogens (primary N) is 1. The third kappa shape index (κ3) is 3.35. The average molecular weight is 343 g/mol. The average Bonchev–Trinajstić information content (AvgIpc) is 2.54. The molecule has 1 unspecified atom stereocenters. The number of halogens is 1. The van der Waals surface area contributed by atoms with Crippen molar-refractivity contribution in [3.05, 3.63) is 5.15 Å². The van der Waals surface area contributed by atoms with Gasteiger partial charge in [0, 0.05) is 38.8 Å². The highest BCUT2D eigenvalue weighted by Gasteiger charge is 2.48. The Morgan fingerprint density at radius 2 is 2.22 bits per heavy atom. The molecule has 8 nitrogen and oxygen atoms in total. The molecule has 2 saturated heterocycles. The van der Waals surface area contributed by atoms with Crippen LogP contribution in [0.4, 0.5) is 11.8 Å². The summed E-state index contributed by atoms with van der Waals surface area (Å²) < 4.78 is 5.02. The summed E-state index contributed by atoms with van der Waals surface area (Å²) in [6, 6.07) is 0. The van der Waals surface area contributed by atoms with Crippen molar-refractivity contribution in [3.63, 3.8) is 0 Å². The second-order valence-corrected chi connectivity index (χ2v) is 6.70. The highest BCUT2D eigenvalue weighted by molar-refractivity contribution is 6.31. The van der Waals surface area contributed by atoms with Gasteiger partial charge in [-0.25, -0.2) is 0 Å². The predicted octanol–water partition coefficient (Wildman–Crippen LogP) is 0.159. The monoisotopic (exact) mass is 342 g/mol. The molecule has 0 aliphatic carbocycles. The van der Waals surface area contributed by atoms with Gasteiger partial charge in [-0.1, -0.05) is 11.6 Å². The van der Waals surface area contributed by atoms with E-state index in [1.54, 1.807) is 7.11 Å². The lowest BCUT2D eigenvalue weighted by Crippen LogP contribution is -2.68. The Morgan fingerprint density at radius 1 is 1.39 bits per heavy atom. The van der Waals surface area contributed by atoms with E-state index in [1.807, 2.05) is 0 Å². The van der Waals surface area contributed by atoms with Gasteiger partial charge in [-0.3, -0.25) is 4.90 Å². The largest absolute Gasteiger partial charge is 0.389 e. The first kappa shape index (κ1) is 16.6. The molecular formula is C14H23ClN6O2. The lowest BCUT2D eigenvalue weighted by Gasteiger charge is -2.57. The minimum absolute atomic E-state index is 0.0741. The summed E-state index contributed by atoms with van der Waals surface area (Å²) in [6.07, 6.45) is 2.80. The molecule has 1 aromatic rings. The van der Waals surface area contributed by atoms with Gasteiger partial charge in [-0.15, -0.1) is 10.2 Å². The Bertz CT molecular complexity index is 562. The Labute approximate surface area is 140 Å². The molecule has 1 spiro atoms. The maximum Gasteiger partial charge on any atom is 0.247 e. The normalized spacial score (nSPS) is 26.3. The number of nitrogens with zero attached hydrogens (tertiary/aromatic N) is 5. The molecule has 0 amide bonds. The number of rotatable bonds is 5. The number of aliphatic hydroxyl groups excluding tert-OH is 1. The quantitative estimate of drug-likeness (QED) is 0.780. The highest BCUT2D eigenvalue weighted by atomic mass is 35.5. The van der Waals surface area contributed by atoms with E-state index < -0.39 is 6.10 Å². The lowest BCUT2D eigenvalue weighted by molar-refractivity contribution is -0.0639. The summed E-state index contributed by atoms with van der Waals surface area (Å²) in [5.41, 5.74) is 5.81. The summed E-state index contributed by atoms with van der Waals surface area (Å²) in [5, 5.41) is 18.1. The SMILES string of the molecule is COC[C@@H](O)CN1CCC12CCCN(c1nnc(Cl)c(N)n1)C2. The van der Waals surface area contributed by atoms with Gasteiger partial charge in [0.15, 0.2) is 11.0 Å². The molecular weight excluding hydrogens is 320 g/mol. The number of anilines is 2. The van der Waals surface area contributed by atoms with Crippen LogP contribution in [-0.4, -0.2) is 76.7 Å². The van der Waals surface area contributed by atoms with Crippen LogP contribution in [0.2, 0.25) is 5.15 Å². The van der Waals surface area contributed by atoms with Gasteiger partial charge in [0.25, 0.3) is 0 Å². The number of piperidine rings is 1. The molecule has 0 saturated carbocycles. The second kappa shape index (κ2) is 6.72. The van der Waals surface area contributed by atoms with Crippen molar-refractivity contribution in [2.45, 2.75) is 30.9 Å². The number of ether oxygens (including phenoxy) is 1. The molecule has 0 radical (unpaired) electrons. The van der Waals surface area contributed by atoms with Gasteiger partial charge in [0.2, 0.25) is 5.95 Å². The van der Waals surface area contributed by atoms with E-state index in [0.717, 1.165) is 38.9 Å². The first-order valence-electron chi connectivity index (χ1n) is 7.87. The number of hydrogen-bond donors (Lipinski definition) is 2. The van der Waals surface area contributed by atoms with Gasteiger partial charge < -0.3 is 20.5 Å². The summed E-state index contributed by atoms with van der Waals surface area (Å²) >= 11 is 5.80. The fraction of sp³-hybridized carbons (Fsp3) is 0.786. The summed E-state index contributed by atoms with van der Waals surface area (Å²) in [7, 11) is 1.60. The lowest BCUT2D eigenvalue weighted by atomic mass is 9.77. The van der Waals surface area contributed by atoms with Crippen molar-refractivity contribution in [1.29, 1.82) is 0 Å². The van der Waals surface area contributed by atoms with E-state index in [0.29, 0.717) is 19.1 Å². The Kier molecular flexibility index (Phi) is 4.86. The van der Waals surface area contributed by atoms with Gasteiger partial charge in [-0.2, -0.15) is 4.98 Å². The molecule has 1 aromatic heterocycles. The molecule has 3 N–H and O–H groups in total. The van der Waals surface area contributed by atoms with Gasteiger partial charge in [-0.05, 0) is 19.3 Å². The minimum Gasteiger partial charge on any atom is -0.389 e. The number of nitrogen functional groups attached to an aromatic ring is 1. The maximum absolute atomic E-state index is 10.0. The zero-order chi connectivity index (χ0) is 16.4. The van der Waals surface area contributed by atoms with Crippen LogP contribution in [-0.2, 0) is 4.74 Å². The summed E-state index contributed by atoms with van der Waals surface area (Å²) in [4.78, 5) is 8.70. The molecule has 2 aliphatic heterocycles. The topological polar surface area (TPSA) is 101 Å². The van der Waals surface area contributed by atoms with Crippen molar-refractivity contribution >= 4 is 23.4 Å². The van der Waals surface area contributed by atoms with Crippen LogP contribution in [0, 0.1) is 0 Å². The molecule has 23 heavy (non-hydrogen) atoms. The Morgan fingerprint density at radius 3 is 2.87 bits per heavy atom. The summed E-state index contributed by atoms with van der Waals surface area (Å²) in [6.45, 7) is 3.67. The standard InChI is InChI=1S/C14H23ClN6O2/c1-23-8-10(22)7-21-6-4-14(21)3-2-5-20(9-14)13-17-12(16)11(15)18-19-13/h10,22H,2-9H2,1H3,(H2,16,17,19)/t10-,14?/m0/s1. The van der Waals surface area contributed by atoms with Crippen LogP contribution in [0.25, 0.3) is 0 Å². The van der Waals surface area contributed by atoms with Gasteiger partial charge in [0.05, 0.1) is 12.7 Å². The number of aromatic nitrogens is 3. The number of hydrogen-bond acceptors (Lipinski definition) is 8. The molecule has 9 heteroatoms. The van der Waals surface area contributed by atoms with Crippen LogP contribution >= 0.6 is 11.6 Å². The number of methoxy groups -OCH3 is 1. The number of β-amino-alcohol motifs (C(OH)–C–C–N with tert-alkyl or cyclic N) is 1. The first-order valence-corrected chi connectivity index (χ1v) is 8.24. The molecule has 0 aromatic carbocycles. The smallest absolute Gasteiger partial charge is 0.247 e. The van der Waals surface area contributed by atoms with E-state index in [2.05, 4.69) is 25.0 Å². The molecule has 2 atom stereocenters. The molecule has 0 bridgehead atoms. The number of aliphatic hydroxyl groups is 1.